The Labute approximate surface area is 225 Å². The largest absolute Gasteiger partial charge is 0.463 e. The molecule has 1 aromatic rings. The summed E-state index contributed by atoms with van der Waals surface area (Å²) in [7, 11) is 0. The quantitative estimate of drug-likeness (QED) is 0.208. The lowest BCUT2D eigenvalue weighted by Crippen LogP contribution is -2.44. The number of amides is 2. The second kappa shape index (κ2) is 17.1. The van der Waals surface area contributed by atoms with Crippen molar-refractivity contribution in [2.75, 3.05) is 19.8 Å². The first kappa shape index (κ1) is 32.6. The molecule has 0 aliphatic heterocycles. The molecule has 0 aliphatic carbocycles. The Morgan fingerprint density at radius 3 is 2.21 bits per heavy atom. The summed E-state index contributed by atoms with van der Waals surface area (Å²) in [6, 6.07) is 8.83. The molecule has 0 spiro atoms. The maximum Gasteiger partial charge on any atom is 0.309 e. The Morgan fingerprint density at radius 1 is 1.00 bits per heavy atom. The average molecular weight is 531 g/mol. The molecule has 0 saturated heterocycles. The zero-order valence-corrected chi connectivity index (χ0v) is 22.7. The maximum absolute atomic E-state index is 13.1. The van der Waals surface area contributed by atoms with Crippen LogP contribution in [0.4, 0.5) is 0 Å². The van der Waals surface area contributed by atoms with Crippen LogP contribution in [-0.2, 0) is 35.1 Å². The van der Waals surface area contributed by atoms with E-state index >= 15 is 0 Å². The minimum atomic E-state index is -0.765. The summed E-state index contributed by atoms with van der Waals surface area (Å²) in [4.78, 5) is 50.4. The number of hydrogen-bond acceptors (Lipinski definition) is 7. The summed E-state index contributed by atoms with van der Waals surface area (Å²) in [5.41, 5.74) is 0.244. The van der Waals surface area contributed by atoms with Crippen LogP contribution in [0.25, 0.3) is 0 Å². The topological polar surface area (TPSA) is 131 Å². The van der Waals surface area contributed by atoms with Gasteiger partial charge in [0, 0.05) is 13.0 Å². The molecular formula is C29H42N2O7. The minimum Gasteiger partial charge on any atom is -0.463 e. The van der Waals surface area contributed by atoms with E-state index in [-0.39, 0.29) is 57.3 Å². The van der Waals surface area contributed by atoms with Gasteiger partial charge in [-0.25, -0.2) is 0 Å². The predicted molar refractivity (Wildman–Crippen MR) is 145 cm³/mol. The first-order chi connectivity index (χ1) is 18.0. The number of carbonyl (C=O) groups is 4. The van der Waals surface area contributed by atoms with Crippen LogP contribution in [0, 0.1) is 11.8 Å². The molecule has 0 heterocycles. The van der Waals surface area contributed by atoms with Gasteiger partial charge in [0.1, 0.15) is 12.2 Å². The van der Waals surface area contributed by atoms with Gasteiger partial charge in [0.2, 0.25) is 11.8 Å². The molecule has 1 rings (SSSR count). The molecule has 9 heteroatoms. The lowest BCUT2D eigenvalue weighted by atomic mass is 9.98. The zero-order valence-electron chi connectivity index (χ0n) is 22.7. The first-order valence-corrected chi connectivity index (χ1v) is 12.8. The van der Waals surface area contributed by atoms with Crippen molar-refractivity contribution in [3.63, 3.8) is 0 Å². The Morgan fingerprint density at radius 2 is 1.63 bits per heavy atom. The Hall–Kier alpha value is -3.46. The van der Waals surface area contributed by atoms with Gasteiger partial charge in [0.25, 0.3) is 0 Å². The summed E-state index contributed by atoms with van der Waals surface area (Å²) < 4.78 is 10.9. The fraction of sp³-hybridized carbons (Fsp3) is 0.517. The van der Waals surface area contributed by atoms with Crippen molar-refractivity contribution in [3.8, 4) is 0 Å². The van der Waals surface area contributed by atoms with Crippen LogP contribution in [0.5, 0.6) is 0 Å². The smallest absolute Gasteiger partial charge is 0.309 e. The standard InChI is InChI=1S/C29H42N2O7/c1-6-11-22(18-25(33)30-15-16-32)27(35)31-24(17-21-13-9-8-10-14-21)20-37-28(36)23(12-7-2)19-26(34)38-29(3,4)5/h6-10,13-14,22-24,32H,1-2,11-12,15-20H2,3-5H3,(H,30,33)(H,31,35)/t22-,23-,24+/m0/s1. The average Bonchev–Trinajstić information content (AvgIpc) is 2.84. The molecule has 38 heavy (non-hydrogen) atoms. The molecule has 0 unspecified atom stereocenters. The van der Waals surface area contributed by atoms with Crippen molar-refractivity contribution < 1.29 is 33.8 Å². The van der Waals surface area contributed by atoms with Crippen LogP contribution in [0.15, 0.2) is 55.6 Å². The van der Waals surface area contributed by atoms with Gasteiger partial charge in [-0.1, -0.05) is 42.5 Å². The maximum atomic E-state index is 13.1. The van der Waals surface area contributed by atoms with Crippen molar-refractivity contribution in [1.82, 2.24) is 10.6 Å². The number of nitrogens with one attached hydrogen (secondary N) is 2. The lowest BCUT2D eigenvalue weighted by molar-refractivity contribution is -0.161. The van der Waals surface area contributed by atoms with Crippen LogP contribution < -0.4 is 10.6 Å². The monoisotopic (exact) mass is 530 g/mol. The number of benzene rings is 1. The van der Waals surface area contributed by atoms with Gasteiger partial charge < -0.3 is 25.2 Å². The SMILES string of the molecule is C=CC[C@@H](CC(=O)NCCO)C(=O)N[C@@H](COC(=O)[C@@H](CC=C)CC(=O)OC(C)(C)C)Cc1ccccc1. The third kappa shape index (κ3) is 13.7. The Bertz CT molecular complexity index is 925. The molecule has 1 aromatic carbocycles. The molecule has 0 bridgehead atoms. The highest BCUT2D eigenvalue weighted by molar-refractivity contribution is 5.86. The highest BCUT2D eigenvalue weighted by Gasteiger charge is 2.28. The van der Waals surface area contributed by atoms with E-state index in [1.165, 1.54) is 0 Å². The van der Waals surface area contributed by atoms with E-state index in [0.29, 0.717) is 6.42 Å². The molecule has 3 atom stereocenters. The summed E-state index contributed by atoms with van der Waals surface area (Å²) in [6.45, 7) is 12.4. The highest BCUT2D eigenvalue weighted by Crippen LogP contribution is 2.17. The van der Waals surface area contributed by atoms with E-state index in [9.17, 15) is 19.2 Å². The number of ether oxygens (including phenoxy) is 2. The molecule has 0 fully saturated rings. The van der Waals surface area contributed by atoms with Gasteiger partial charge in [-0.2, -0.15) is 0 Å². The van der Waals surface area contributed by atoms with Crippen LogP contribution >= 0.6 is 0 Å². The molecular weight excluding hydrogens is 488 g/mol. The van der Waals surface area contributed by atoms with Crippen LogP contribution in [0.1, 0.15) is 52.0 Å². The Balaban J connectivity index is 2.94. The van der Waals surface area contributed by atoms with E-state index < -0.39 is 35.4 Å². The third-order valence-corrected chi connectivity index (χ3v) is 5.40. The van der Waals surface area contributed by atoms with Gasteiger partial charge >= 0.3 is 11.9 Å². The summed E-state index contributed by atoms with van der Waals surface area (Å²) in [6.07, 6.45) is 3.77. The third-order valence-electron chi connectivity index (χ3n) is 5.40. The molecule has 0 aliphatic rings. The molecule has 3 N–H and O–H groups in total. The Kier molecular flexibility index (Phi) is 14.7. The number of esters is 2. The van der Waals surface area contributed by atoms with Gasteiger partial charge in [-0.15, -0.1) is 13.2 Å². The number of allylic oxidation sites excluding steroid dienone is 2. The van der Waals surface area contributed by atoms with Gasteiger partial charge in [-0.05, 0) is 45.6 Å². The van der Waals surface area contributed by atoms with E-state index in [1.54, 1.807) is 32.9 Å². The van der Waals surface area contributed by atoms with E-state index in [1.807, 2.05) is 30.3 Å². The fourth-order valence-corrected chi connectivity index (χ4v) is 3.69. The highest BCUT2D eigenvalue weighted by atomic mass is 16.6. The minimum absolute atomic E-state index is 0.0764. The van der Waals surface area contributed by atoms with Crippen molar-refractivity contribution in [1.29, 1.82) is 0 Å². The first-order valence-electron chi connectivity index (χ1n) is 12.8. The molecule has 2 amide bonds. The van der Waals surface area contributed by atoms with Crippen LogP contribution in [0.3, 0.4) is 0 Å². The number of carbonyl (C=O) groups excluding carboxylic acids is 4. The van der Waals surface area contributed by atoms with E-state index in [2.05, 4.69) is 23.8 Å². The second-order valence-electron chi connectivity index (χ2n) is 10.0. The second-order valence-corrected chi connectivity index (χ2v) is 10.0. The van der Waals surface area contributed by atoms with E-state index in [4.69, 9.17) is 14.6 Å². The number of hydrogen-bond donors (Lipinski definition) is 3. The van der Waals surface area contributed by atoms with Crippen molar-refractivity contribution >= 4 is 23.8 Å². The molecule has 9 nitrogen and oxygen atoms in total. The lowest BCUT2D eigenvalue weighted by Gasteiger charge is -2.24. The number of aliphatic hydroxyl groups is 1. The van der Waals surface area contributed by atoms with Gasteiger partial charge in [0.05, 0.1) is 30.9 Å². The summed E-state index contributed by atoms with van der Waals surface area (Å²) in [5, 5.41) is 14.4. The molecule has 0 aromatic heterocycles. The number of rotatable bonds is 17. The van der Waals surface area contributed by atoms with E-state index in [0.717, 1.165) is 5.56 Å². The van der Waals surface area contributed by atoms with Crippen LogP contribution in [0.2, 0.25) is 0 Å². The zero-order chi connectivity index (χ0) is 28.6. The van der Waals surface area contributed by atoms with Crippen molar-refractivity contribution in [2.24, 2.45) is 11.8 Å². The summed E-state index contributed by atoms with van der Waals surface area (Å²) >= 11 is 0. The molecule has 0 radical (unpaired) electrons. The van der Waals surface area contributed by atoms with Gasteiger partial charge in [0.15, 0.2) is 0 Å². The summed E-state index contributed by atoms with van der Waals surface area (Å²) in [5.74, 6) is -3.28. The molecule has 0 saturated carbocycles. The number of aliphatic hydroxyl groups excluding tert-OH is 1. The molecule has 210 valence electrons. The van der Waals surface area contributed by atoms with Crippen LogP contribution in [-0.4, -0.2) is 60.3 Å². The normalized spacial score (nSPS) is 13.4. The van der Waals surface area contributed by atoms with Crippen molar-refractivity contribution in [2.45, 2.75) is 64.5 Å². The predicted octanol–water partition coefficient (Wildman–Crippen LogP) is 2.87. The van der Waals surface area contributed by atoms with Crippen molar-refractivity contribution in [3.05, 3.63) is 61.2 Å². The fourth-order valence-electron chi connectivity index (χ4n) is 3.69. The van der Waals surface area contributed by atoms with Gasteiger partial charge in [-0.3, -0.25) is 19.2 Å².